The molecule has 7 nitrogen and oxygen atoms in total. The minimum absolute atomic E-state index is 0.0398. The first-order valence-corrected chi connectivity index (χ1v) is 5.21. The van der Waals surface area contributed by atoms with Gasteiger partial charge in [-0.3, -0.25) is 15.1 Å². The number of H-pyrrole nitrogens is 2. The molecule has 0 bridgehead atoms. The van der Waals surface area contributed by atoms with E-state index in [1.54, 1.807) is 12.1 Å². The van der Waals surface area contributed by atoms with Crippen LogP contribution in [0.25, 0.3) is 0 Å². The molecule has 0 unspecified atom stereocenters. The second kappa shape index (κ2) is 4.36. The van der Waals surface area contributed by atoms with Crippen LogP contribution in [0.4, 0.5) is 5.69 Å². The number of rotatable bonds is 3. The Balaban J connectivity index is 2.45. The zero-order valence-electron chi connectivity index (χ0n) is 9.56. The summed E-state index contributed by atoms with van der Waals surface area (Å²) in [6.45, 7) is 1.81. The number of aromatic hydroxyl groups is 1. The highest BCUT2D eigenvalue weighted by atomic mass is 16.6. The molecule has 7 heteroatoms. The lowest BCUT2D eigenvalue weighted by atomic mass is 10.0. The van der Waals surface area contributed by atoms with Crippen molar-refractivity contribution in [3.63, 3.8) is 0 Å². The number of hydrogen-bond donors (Lipinski definition) is 3. The molecule has 1 aromatic carbocycles. The monoisotopic (exact) mass is 249 g/mol. The number of imidazole rings is 1. The summed E-state index contributed by atoms with van der Waals surface area (Å²) in [4.78, 5) is 25.9. The Kier molecular flexibility index (Phi) is 2.88. The number of nitrogens with one attached hydrogen (secondary N) is 2. The Labute approximate surface area is 101 Å². The Morgan fingerprint density at radius 3 is 2.67 bits per heavy atom. The lowest BCUT2D eigenvalue weighted by Gasteiger charge is -2.03. The van der Waals surface area contributed by atoms with E-state index in [1.165, 1.54) is 6.07 Å². The number of aromatic nitrogens is 2. The molecule has 0 radical (unpaired) electrons. The Hall–Kier alpha value is -2.57. The van der Waals surface area contributed by atoms with Gasteiger partial charge in [-0.15, -0.1) is 0 Å². The maximum Gasteiger partial charge on any atom is 0.325 e. The molecule has 0 atom stereocenters. The average Bonchev–Trinajstić information content (AvgIpc) is 2.57. The smallest absolute Gasteiger partial charge is 0.325 e. The van der Waals surface area contributed by atoms with E-state index in [1.807, 2.05) is 6.92 Å². The Morgan fingerprint density at radius 2 is 2.11 bits per heavy atom. The van der Waals surface area contributed by atoms with Crippen LogP contribution in [0, 0.1) is 17.0 Å². The third-order valence-corrected chi connectivity index (χ3v) is 2.58. The van der Waals surface area contributed by atoms with Crippen LogP contribution in [0.3, 0.4) is 0 Å². The van der Waals surface area contributed by atoms with Crippen molar-refractivity contribution in [3.8, 4) is 5.88 Å². The molecule has 0 amide bonds. The van der Waals surface area contributed by atoms with Crippen molar-refractivity contribution in [2.45, 2.75) is 13.3 Å². The minimum atomic E-state index is -0.544. The fraction of sp³-hybridized carbons (Fsp3) is 0.182. The molecule has 0 saturated carbocycles. The molecule has 2 aromatic rings. The van der Waals surface area contributed by atoms with E-state index in [2.05, 4.69) is 9.97 Å². The van der Waals surface area contributed by atoms with Crippen molar-refractivity contribution in [1.82, 2.24) is 9.97 Å². The third-order valence-electron chi connectivity index (χ3n) is 2.58. The van der Waals surface area contributed by atoms with Crippen LogP contribution in [0.2, 0.25) is 0 Å². The van der Waals surface area contributed by atoms with Gasteiger partial charge in [0.15, 0.2) is 0 Å². The van der Waals surface area contributed by atoms with E-state index in [-0.39, 0.29) is 23.7 Å². The first kappa shape index (κ1) is 11.9. The van der Waals surface area contributed by atoms with Gasteiger partial charge in [0.05, 0.1) is 10.6 Å². The maximum atomic E-state index is 11.0. The summed E-state index contributed by atoms with van der Waals surface area (Å²) in [5.74, 6) is -0.296. The predicted octanol–water partition coefficient (Wildman–Crippen LogP) is 1.22. The molecule has 0 saturated heterocycles. The largest absolute Gasteiger partial charge is 0.493 e. The fourth-order valence-corrected chi connectivity index (χ4v) is 1.76. The molecule has 0 aliphatic carbocycles. The number of aromatic amines is 2. The van der Waals surface area contributed by atoms with Crippen molar-refractivity contribution >= 4 is 5.69 Å². The van der Waals surface area contributed by atoms with Gasteiger partial charge in [0.25, 0.3) is 5.69 Å². The molecule has 1 aromatic heterocycles. The summed E-state index contributed by atoms with van der Waals surface area (Å²) < 4.78 is 0. The van der Waals surface area contributed by atoms with Gasteiger partial charge in [-0.05, 0) is 13.0 Å². The van der Waals surface area contributed by atoms with Crippen LogP contribution >= 0.6 is 0 Å². The van der Waals surface area contributed by atoms with Gasteiger partial charge in [-0.1, -0.05) is 11.6 Å². The van der Waals surface area contributed by atoms with Crippen LogP contribution < -0.4 is 5.69 Å². The van der Waals surface area contributed by atoms with E-state index in [4.69, 9.17) is 0 Å². The number of aryl methyl sites for hydroxylation is 1. The van der Waals surface area contributed by atoms with Gasteiger partial charge in [0.2, 0.25) is 5.88 Å². The molecule has 1 heterocycles. The van der Waals surface area contributed by atoms with Gasteiger partial charge in [0.1, 0.15) is 0 Å². The van der Waals surface area contributed by atoms with E-state index in [0.717, 1.165) is 5.56 Å². The summed E-state index contributed by atoms with van der Waals surface area (Å²) in [5, 5.41) is 20.3. The summed E-state index contributed by atoms with van der Waals surface area (Å²) in [6, 6.07) is 4.71. The van der Waals surface area contributed by atoms with Crippen molar-refractivity contribution in [3.05, 3.63) is 55.6 Å². The zero-order chi connectivity index (χ0) is 13.3. The zero-order valence-corrected chi connectivity index (χ0v) is 9.56. The first-order chi connectivity index (χ1) is 8.47. The van der Waals surface area contributed by atoms with Gasteiger partial charge in [-0.2, -0.15) is 0 Å². The molecular weight excluding hydrogens is 238 g/mol. The number of nitrogens with zero attached hydrogens (tertiary/aromatic N) is 1. The van der Waals surface area contributed by atoms with Crippen molar-refractivity contribution in [2.24, 2.45) is 0 Å². The lowest BCUT2D eigenvalue weighted by Crippen LogP contribution is -2.02. The van der Waals surface area contributed by atoms with Crippen molar-refractivity contribution < 1.29 is 10.0 Å². The summed E-state index contributed by atoms with van der Waals surface area (Å²) in [7, 11) is 0. The summed E-state index contributed by atoms with van der Waals surface area (Å²) in [5.41, 5.74) is 0.951. The highest BCUT2D eigenvalue weighted by Gasteiger charge is 2.16. The number of nitro groups is 1. The highest BCUT2D eigenvalue weighted by Crippen LogP contribution is 2.24. The number of benzene rings is 1. The normalized spacial score (nSPS) is 10.5. The van der Waals surface area contributed by atoms with Crippen LogP contribution in [-0.2, 0) is 6.42 Å². The molecular formula is C11H11N3O4. The lowest BCUT2D eigenvalue weighted by molar-refractivity contribution is -0.385. The van der Waals surface area contributed by atoms with E-state index in [9.17, 15) is 20.0 Å². The molecule has 0 fully saturated rings. The highest BCUT2D eigenvalue weighted by molar-refractivity contribution is 5.45. The fourth-order valence-electron chi connectivity index (χ4n) is 1.76. The standard InChI is InChI=1S/C11H11N3O4/c1-6-2-3-9(14(17)18)7(4-6)5-8-10(15)13-11(16)12-8/h2-4,15H,5H2,1H3,(H2,12,13,16). The van der Waals surface area contributed by atoms with Crippen LogP contribution in [-0.4, -0.2) is 20.0 Å². The Bertz CT molecular complexity index is 657. The topological polar surface area (TPSA) is 112 Å². The average molecular weight is 249 g/mol. The first-order valence-electron chi connectivity index (χ1n) is 5.21. The predicted molar refractivity (Wildman–Crippen MR) is 63.7 cm³/mol. The molecule has 3 N–H and O–H groups in total. The number of hydrogen-bond acceptors (Lipinski definition) is 4. The molecule has 0 aliphatic rings. The molecule has 0 spiro atoms. The summed E-state index contributed by atoms with van der Waals surface area (Å²) in [6.07, 6.45) is 0.0859. The molecule has 2 rings (SSSR count). The van der Waals surface area contributed by atoms with Gasteiger partial charge >= 0.3 is 5.69 Å². The van der Waals surface area contributed by atoms with Crippen LogP contribution in [0.5, 0.6) is 5.88 Å². The van der Waals surface area contributed by atoms with Crippen molar-refractivity contribution in [1.29, 1.82) is 0 Å². The SMILES string of the molecule is Cc1ccc([N+](=O)[O-])c(Cc2[nH]c(=O)[nH]c2O)c1. The van der Waals surface area contributed by atoms with E-state index in [0.29, 0.717) is 5.56 Å². The molecule has 94 valence electrons. The van der Waals surface area contributed by atoms with Crippen LogP contribution in [0.15, 0.2) is 23.0 Å². The van der Waals surface area contributed by atoms with E-state index >= 15 is 0 Å². The van der Waals surface area contributed by atoms with Gasteiger partial charge in [-0.25, -0.2) is 4.79 Å². The molecule has 18 heavy (non-hydrogen) atoms. The summed E-state index contributed by atoms with van der Waals surface area (Å²) >= 11 is 0. The third kappa shape index (κ3) is 2.24. The van der Waals surface area contributed by atoms with Crippen molar-refractivity contribution in [2.75, 3.05) is 0 Å². The molecule has 0 aliphatic heterocycles. The second-order valence-electron chi connectivity index (χ2n) is 3.97. The quantitative estimate of drug-likeness (QED) is 0.560. The second-order valence-corrected chi connectivity index (χ2v) is 3.97. The Morgan fingerprint density at radius 1 is 1.39 bits per heavy atom. The minimum Gasteiger partial charge on any atom is -0.493 e. The van der Waals surface area contributed by atoms with E-state index < -0.39 is 10.6 Å². The number of nitro benzene ring substituents is 1. The van der Waals surface area contributed by atoms with Crippen LogP contribution in [0.1, 0.15) is 16.8 Å². The van der Waals surface area contributed by atoms with Gasteiger partial charge in [0, 0.05) is 18.1 Å². The van der Waals surface area contributed by atoms with Gasteiger partial charge < -0.3 is 10.1 Å². The maximum absolute atomic E-state index is 11.0.